The lowest BCUT2D eigenvalue weighted by Gasteiger charge is -2.51. The van der Waals surface area contributed by atoms with E-state index < -0.39 is 5.60 Å². The van der Waals surface area contributed by atoms with Crippen molar-refractivity contribution in [1.82, 2.24) is 14.7 Å². The first-order chi connectivity index (χ1) is 13.2. The van der Waals surface area contributed by atoms with E-state index in [1.54, 1.807) is 0 Å². The zero-order chi connectivity index (χ0) is 20.4. The van der Waals surface area contributed by atoms with Gasteiger partial charge >= 0.3 is 6.09 Å². The average molecular weight is 388 g/mol. The van der Waals surface area contributed by atoms with Crippen LogP contribution in [0.1, 0.15) is 53.0 Å². The van der Waals surface area contributed by atoms with Crippen LogP contribution >= 0.6 is 0 Å². The molecule has 156 valence electrons. The molecule has 0 radical (unpaired) electrons. The second kappa shape index (κ2) is 8.42. The Hall–Kier alpha value is -1.59. The summed E-state index contributed by atoms with van der Waals surface area (Å²) in [4.78, 5) is 19.5. The van der Waals surface area contributed by atoms with Crippen molar-refractivity contribution in [2.75, 3.05) is 32.7 Å². The molecule has 5 nitrogen and oxygen atoms in total. The van der Waals surface area contributed by atoms with E-state index in [-0.39, 0.29) is 11.6 Å². The maximum atomic E-state index is 12.4. The van der Waals surface area contributed by atoms with Crippen LogP contribution < -0.4 is 0 Å². The number of carbonyl (C=O) groups excluding carboxylic acids is 1. The van der Waals surface area contributed by atoms with Crippen LogP contribution in [0.25, 0.3) is 0 Å². The van der Waals surface area contributed by atoms with Gasteiger partial charge in [0.15, 0.2) is 0 Å². The van der Waals surface area contributed by atoms with Gasteiger partial charge in [-0.3, -0.25) is 9.80 Å². The van der Waals surface area contributed by atoms with Crippen molar-refractivity contribution in [3.05, 3.63) is 35.9 Å². The van der Waals surface area contributed by atoms with Crippen molar-refractivity contribution >= 4 is 6.09 Å². The number of likely N-dealkylation sites (tertiary alicyclic amines) is 1. The summed E-state index contributed by atoms with van der Waals surface area (Å²) in [7, 11) is 0. The topological polar surface area (TPSA) is 36.0 Å². The molecule has 0 aliphatic carbocycles. The lowest BCUT2D eigenvalue weighted by molar-refractivity contribution is -0.0294. The smallest absolute Gasteiger partial charge is 0.410 e. The van der Waals surface area contributed by atoms with E-state index in [9.17, 15) is 4.79 Å². The van der Waals surface area contributed by atoms with Gasteiger partial charge in [0.25, 0.3) is 0 Å². The van der Waals surface area contributed by atoms with Crippen molar-refractivity contribution in [1.29, 1.82) is 0 Å². The van der Waals surface area contributed by atoms with Crippen LogP contribution in [0.4, 0.5) is 4.79 Å². The maximum absolute atomic E-state index is 12.4. The number of carbonyl (C=O) groups is 1. The Morgan fingerprint density at radius 3 is 2.32 bits per heavy atom. The van der Waals surface area contributed by atoms with E-state index in [2.05, 4.69) is 54.0 Å². The van der Waals surface area contributed by atoms with Crippen LogP contribution in [0, 0.1) is 0 Å². The average Bonchev–Trinajstić information content (AvgIpc) is 2.63. The van der Waals surface area contributed by atoms with E-state index in [1.165, 1.54) is 5.56 Å². The monoisotopic (exact) mass is 387 g/mol. The van der Waals surface area contributed by atoms with Gasteiger partial charge in [-0.2, -0.15) is 0 Å². The lowest BCUT2D eigenvalue weighted by atomic mass is 9.86. The van der Waals surface area contributed by atoms with Crippen molar-refractivity contribution in [2.24, 2.45) is 0 Å². The van der Waals surface area contributed by atoms with Crippen molar-refractivity contribution in [3.63, 3.8) is 0 Å². The van der Waals surface area contributed by atoms with Gasteiger partial charge in [-0.05, 0) is 53.0 Å². The molecule has 0 spiro atoms. The van der Waals surface area contributed by atoms with Crippen LogP contribution in [-0.2, 0) is 11.3 Å². The van der Waals surface area contributed by atoms with E-state index in [0.717, 1.165) is 52.1 Å². The van der Waals surface area contributed by atoms with Gasteiger partial charge in [0.2, 0.25) is 0 Å². The second-order valence-corrected chi connectivity index (χ2v) is 9.72. The van der Waals surface area contributed by atoms with Gasteiger partial charge in [-0.15, -0.1) is 0 Å². The number of amides is 1. The Bertz CT molecular complexity index is 648. The van der Waals surface area contributed by atoms with E-state index in [0.29, 0.717) is 6.04 Å². The zero-order valence-corrected chi connectivity index (χ0v) is 18.3. The van der Waals surface area contributed by atoms with Crippen molar-refractivity contribution < 1.29 is 9.53 Å². The zero-order valence-electron chi connectivity index (χ0n) is 18.3. The minimum Gasteiger partial charge on any atom is -0.444 e. The highest BCUT2D eigenvalue weighted by molar-refractivity contribution is 5.68. The summed E-state index contributed by atoms with van der Waals surface area (Å²) >= 11 is 0. The van der Waals surface area contributed by atoms with Gasteiger partial charge < -0.3 is 9.64 Å². The minimum atomic E-state index is -0.428. The molecule has 1 aromatic rings. The number of nitrogens with zero attached hydrogens (tertiary/aromatic N) is 3. The Balaban J connectivity index is 1.52. The molecule has 1 atom stereocenters. The van der Waals surface area contributed by atoms with Crippen LogP contribution in [-0.4, -0.2) is 70.7 Å². The predicted octanol–water partition coefficient (Wildman–Crippen LogP) is 3.98. The Morgan fingerprint density at radius 1 is 1.11 bits per heavy atom. The Morgan fingerprint density at radius 2 is 1.75 bits per heavy atom. The Kier molecular flexibility index (Phi) is 6.35. The number of rotatable bonds is 3. The molecule has 0 aromatic heterocycles. The largest absolute Gasteiger partial charge is 0.444 e. The van der Waals surface area contributed by atoms with E-state index in [1.807, 2.05) is 25.7 Å². The number of piperazine rings is 1. The molecule has 1 amide bonds. The first kappa shape index (κ1) is 21.1. The van der Waals surface area contributed by atoms with Crippen molar-refractivity contribution in [3.8, 4) is 0 Å². The summed E-state index contributed by atoms with van der Waals surface area (Å²) in [6.45, 7) is 16.4. The molecule has 0 N–H and O–H groups in total. The molecule has 2 fully saturated rings. The highest BCUT2D eigenvalue weighted by atomic mass is 16.6. The molecule has 1 unspecified atom stereocenters. The SMILES string of the molecule is CC1CN(C2(C)CCN(C(=O)OC(C)(C)C)CC2)CCN1Cc1ccccc1. The fraction of sp³-hybridized carbons (Fsp3) is 0.696. The fourth-order valence-corrected chi connectivity index (χ4v) is 4.35. The summed E-state index contributed by atoms with van der Waals surface area (Å²) in [5, 5.41) is 0. The minimum absolute atomic E-state index is 0.171. The summed E-state index contributed by atoms with van der Waals surface area (Å²) < 4.78 is 5.55. The highest BCUT2D eigenvalue weighted by Gasteiger charge is 2.40. The second-order valence-electron chi connectivity index (χ2n) is 9.72. The van der Waals surface area contributed by atoms with Crippen LogP contribution in [0.15, 0.2) is 30.3 Å². The summed E-state index contributed by atoms with van der Waals surface area (Å²) in [6.07, 6.45) is 1.85. The third-order valence-corrected chi connectivity index (χ3v) is 6.25. The van der Waals surface area contributed by atoms with Crippen LogP contribution in [0.3, 0.4) is 0 Å². The molecule has 2 saturated heterocycles. The molecular formula is C23H37N3O2. The molecule has 0 saturated carbocycles. The first-order valence-corrected chi connectivity index (χ1v) is 10.7. The maximum Gasteiger partial charge on any atom is 0.410 e. The van der Waals surface area contributed by atoms with Gasteiger partial charge in [0.05, 0.1) is 0 Å². The number of benzene rings is 1. The molecule has 5 heteroatoms. The third kappa shape index (κ3) is 5.26. The number of hydrogen-bond acceptors (Lipinski definition) is 4. The lowest BCUT2D eigenvalue weighted by Crippen LogP contribution is -2.62. The number of ether oxygens (including phenoxy) is 1. The normalized spacial score (nSPS) is 24.2. The molecule has 0 bridgehead atoms. The quantitative estimate of drug-likeness (QED) is 0.786. The molecule has 2 aliphatic rings. The molecule has 1 aromatic carbocycles. The van der Waals surface area contributed by atoms with Crippen LogP contribution in [0.2, 0.25) is 0 Å². The molecule has 2 aliphatic heterocycles. The van der Waals surface area contributed by atoms with E-state index in [4.69, 9.17) is 4.74 Å². The predicted molar refractivity (Wildman–Crippen MR) is 113 cm³/mol. The van der Waals surface area contributed by atoms with Gasteiger partial charge in [-0.25, -0.2) is 4.79 Å². The van der Waals surface area contributed by atoms with Gasteiger partial charge in [0, 0.05) is 50.8 Å². The fourth-order valence-electron chi connectivity index (χ4n) is 4.35. The van der Waals surface area contributed by atoms with E-state index >= 15 is 0 Å². The third-order valence-electron chi connectivity index (χ3n) is 6.25. The standard InChI is InChI=1S/C23H37N3O2/c1-19-17-26(16-15-25(19)18-20-9-7-6-8-10-20)23(5)11-13-24(14-12-23)21(27)28-22(2,3)4/h6-10,19H,11-18H2,1-5H3. The molecular weight excluding hydrogens is 350 g/mol. The first-order valence-electron chi connectivity index (χ1n) is 10.7. The Labute approximate surface area is 170 Å². The van der Waals surface area contributed by atoms with Gasteiger partial charge in [-0.1, -0.05) is 30.3 Å². The molecule has 3 rings (SSSR count). The summed E-state index contributed by atoms with van der Waals surface area (Å²) in [5.74, 6) is 0. The molecule has 28 heavy (non-hydrogen) atoms. The summed E-state index contributed by atoms with van der Waals surface area (Å²) in [6, 6.07) is 11.3. The van der Waals surface area contributed by atoms with Crippen molar-refractivity contribution in [2.45, 2.75) is 71.2 Å². The highest BCUT2D eigenvalue weighted by Crippen LogP contribution is 2.31. The number of hydrogen-bond donors (Lipinski definition) is 0. The summed E-state index contributed by atoms with van der Waals surface area (Å²) in [5.41, 5.74) is 1.13. The number of piperidine rings is 1. The molecule has 2 heterocycles. The van der Waals surface area contributed by atoms with Gasteiger partial charge in [0.1, 0.15) is 5.60 Å². The van der Waals surface area contributed by atoms with Crippen LogP contribution in [0.5, 0.6) is 0 Å².